The number of nitrogens with one attached hydrogen (secondary N) is 1. The number of aromatic nitrogens is 1. The first kappa shape index (κ1) is 19.7. The molecule has 0 saturated carbocycles. The zero-order valence-electron chi connectivity index (χ0n) is 13.9. The number of pyridine rings is 1. The van der Waals surface area contributed by atoms with Gasteiger partial charge < -0.3 is 10.1 Å². The molecule has 0 amide bonds. The molecular formula is C17H21ClN2O4S. The molecule has 8 heteroatoms. The number of ether oxygens (including phenoxy) is 1. The van der Waals surface area contributed by atoms with E-state index in [4.69, 9.17) is 20.9 Å². The summed E-state index contributed by atoms with van der Waals surface area (Å²) in [4.78, 5) is 3.88. The van der Waals surface area contributed by atoms with Crippen LogP contribution in [0.2, 0.25) is 5.15 Å². The van der Waals surface area contributed by atoms with E-state index in [1.54, 1.807) is 24.4 Å². The SMILES string of the molecule is Cc1ccc(S(=O)(=O)O)cc1.Clc1ccc(OC[C@@H]2CCNC2)cn1. The van der Waals surface area contributed by atoms with Gasteiger partial charge in [0.2, 0.25) is 0 Å². The van der Waals surface area contributed by atoms with Crippen LogP contribution in [0.5, 0.6) is 5.75 Å². The lowest BCUT2D eigenvalue weighted by atomic mass is 10.1. The Bertz CT molecular complexity index is 758. The summed E-state index contributed by atoms with van der Waals surface area (Å²) < 4.78 is 35.1. The topological polar surface area (TPSA) is 88.5 Å². The maximum atomic E-state index is 10.5. The van der Waals surface area contributed by atoms with Gasteiger partial charge in [-0.1, -0.05) is 29.3 Å². The van der Waals surface area contributed by atoms with Gasteiger partial charge in [-0.05, 0) is 44.2 Å². The predicted octanol–water partition coefficient (Wildman–Crippen LogP) is 2.97. The van der Waals surface area contributed by atoms with Crippen LogP contribution in [0.25, 0.3) is 0 Å². The van der Waals surface area contributed by atoms with Crippen molar-refractivity contribution in [3.05, 3.63) is 53.3 Å². The minimum atomic E-state index is -4.02. The predicted molar refractivity (Wildman–Crippen MR) is 96.7 cm³/mol. The fourth-order valence-electron chi connectivity index (χ4n) is 2.23. The van der Waals surface area contributed by atoms with Gasteiger partial charge in [-0.25, -0.2) is 4.98 Å². The van der Waals surface area contributed by atoms with Crippen LogP contribution < -0.4 is 10.1 Å². The number of aryl methyl sites for hydroxylation is 1. The molecule has 1 aliphatic heterocycles. The van der Waals surface area contributed by atoms with E-state index in [-0.39, 0.29) is 4.90 Å². The molecule has 0 radical (unpaired) electrons. The van der Waals surface area contributed by atoms with E-state index in [0.29, 0.717) is 11.1 Å². The van der Waals surface area contributed by atoms with Gasteiger partial charge in [0.1, 0.15) is 10.9 Å². The molecule has 1 aromatic heterocycles. The smallest absolute Gasteiger partial charge is 0.294 e. The van der Waals surface area contributed by atoms with Crippen molar-refractivity contribution >= 4 is 21.7 Å². The van der Waals surface area contributed by atoms with Gasteiger partial charge in [0.05, 0.1) is 17.7 Å². The Hall–Kier alpha value is -1.67. The van der Waals surface area contributed by atoms with Gasteiger partial charge in [0.15, 0.2) is 0 Å². The highest BCUT2D eigenvalue weighted by molar-refractivity contribution is 7.85. The first-order valence-corrected chi connectivity index (χ1v) is 9.65. The lowest BCUT2D eigenvalue weighted by Gasteiger charge is -2.10. The first-order valence-electron chi connectivity index (χ1n) is 7.84. The lowest BCUT2D eigenvalue weighted by molar-refractivity contribution is 0.259. The van der Waals surface area contributed by atoms with E-state index in [1.165, 1.54) is 18.6 Å². The third kappa shape index (κ3) is 6.99. The van der Waals surface area contributed by atoms with Crippen LogP contribution in [0, 0.1) is 12.8 Å². The second-order valence-electron chi connectivity index (χ2n) is 5.77. The molecule has 2 heterocycles. The summed E-state index contributed by atoms with van der Waals surface area (Å²) in [5.41, 5.74) is 0.956. The molecule has 0 aliphatic carbocycles. The molecule has 0 bridgehead atoms. The molecule has 1 saturated heterocycles. The highest BCUT2D eigenvalue weighted by Crippen LogP contribution is 2.15. The lowest BCUT2D eigenvalue weighted by Crippen LogP contribution is -2.15. The van der Waals surface area contributed by atoms with Crippen LogP contribution in [0.1, 0.15) is 12.0 Å². The number of nitrogens with zero attached hydrogens (tertiary/aromatic N) is 1. The Balaban J connectivity index is 0.000000186. The molecule has 3 rings (SSSR count). The van der Waals surface area contributed by atoms with Crippen molar-refractivity contribution in [1.29, 1.82) is 0 Å². The standard InChI is InChI=1S/C10H13ClN2O.C7H8O3S/c11-10-2-1-9(6-13-10)14-7-8-3-4-12-5-8;1-6-2-4-7(5-3-6)11(8,9)10/h1-2,6,8,12H,3-5,7H2;2-5H,1H3,(H,8,9,10)/t8-;/m1./s1. The Morgan fingerprint density at radius 1 is 1.28 bits per heavy atom. The van der Waals surface area contributed by atoms with Crippen LogP contribution in [0.4, 0.5) is 0 Å². The van der Waals surface area contributed by atoms with Crippen LogP contribution >= 0.6 is 11.6 Å². The maximum absolute atomic E-state index is 10.5. The fourth-order valence-corrected chi connectivity index (χ4v) is 2.82. The van der Waals surface area contributed by atoms with E-state index in [9.17, 15) is 8.42 Å². The normalized spacial score (nSPS) is 16.8. The average Bonchev–Trinajstić information content (AvgIpc) is 3.08. The molecule has 1 fully saturated rings. The van der Waals surface area contributed by atoms with Crippen molar-refractivity contribution in [3.63, 3.8) is 0 Å². The third-order valence-corrected chi connectivity index (χ3v) is 4.76. The highest BCUT2D eigenvalue weighted by Gasteiger charge is 2.14. The molecule has 1 aromatic carbocycles. The molecule has 2 N–H and O–H groups in total. The van der Waals surface area contributed by atoms with E-state index < -0.39 is 10.1 Å². The summed E-state index contributed by atoms with van der Waals surface area (Å²) in [6.45, 7) is 4.76. The Kier molecular flexibility index (Phi) is 7.19. The van der Waals surface area contributed by atoms with E-state index in [0.717, 1.165) is 31.0 Å². The number of benzene rings is 1. The quantitative estimate of drug-likeness (QED) is 0.622. The second kappa shape index (κ2) is 9.15. The van der Waals surface area contributed by atoms with Crippen molar-refractivity contribution in [1.82, 2.24) is 10.3 Å². The van der Waals surface area contributed by atoms with Gasteiger partial charge in [-0.2, -0.15) is 8.42 Å². The van der Waals surface area contributed by atoms with E-state index >= 15 is 0 Å². The number of rotatable bonds is 4. The highest BCUT2D eigenvalue weighted by atomic mass is 35.5. The van der Waals surface area contributed by atoms with Crippen molar-refractivity contribution in [2.45, 2.75) is 18.2 Å². The van der Waals surface area contributed by atoms with Crippen LogP contribution in [-0.2, 0) is 10.1 Å². The Labute approximate surface area is 152 Å². The van der Waals surface area contributed by atoms with Crippen LogP contribution in [-0.4, -0.2) is 37.7 Å². The summed E-state index contributed by atoms with van der Waals surface area (Å²) in [6.07, 6.45) is 2.85. The number of hydrogen-bond donors (Lipinski definition) is 2. The monoisotopic (exact) mass is 384 g/mol. The zero-order valence-corrected chi connectivity index (χ0v) is 15.4. The summed E-state index contributed by atoms with van der Waals surface area (Å²) >= 11 is 5.66. The maximum Gasteiger partial charge on any atom is 0.294 e. The van der Waals surface area contributed by atoms with Gasteiger partial charge >= 0.3 is 0 Å². The van der Waals surface area contributed by atoms with E-state index in [2.05, 4.69) is 10.3 Å². The van der Waals surface area contributed by atoms with Gasteiger partial charge in [0.25, 0.3) is 10.1 Å². The molecule has 1 atom stereocenters. The van der Waals surface area contributed by atoms with Crippen molar-refractivity contribution in [3.8, 4) is 5.75 Å². The Morgan fingerprint density at radius 2 is 2.00 bits per heavy atom. The van der Waals surface area contributed by atoms with E-state index in [1.807, 2.05) is 13.0 Å². The summed E-state index contributed by atoms with van der Waals surface area (Å²) in [5.74, 6) is 1.42. The molecule has 2 aromatic rings. The minimum absolute atomic E-state index is 0.0666. The fraction of sp³-hybridized carbons (Fsp3) is 0.353. The zero-order chi connectivity index (χ0) is 18.3. The molecular weight excluding hydrogens is 364 g/mol. The Morgan fingerprint density at radius 3 is 2.52 bits per heavy atom. The minimum Gasteiger partial charge on any atom is -0.492 e. The van der Waals surface area contributed by atoms with Gasteiger partial charge in [-0.15, -0.1) is 0 Å². The molecule has 25 heavy (non-hydrogen) atoms. The molecule has 136 valence electrons. The molecule has 0 spiro atoms. The van der Waals surface area contributed by atoms with Crippen LogP contribution in [0.15, 0.2) is 47.5 Å². The molecule has 0 unspecified atom stereocenters. The van der Waals surface area contributed by atoms with Crippen molar-refractivity contribution < 1.29 is 17.7 Å². The molecule has 6 nitrogen and oxygen atoms in total. The van der Waals surface area contributed by atoms with Crippen LogP contribution in [0.3, 0.4) is 0 Å². The second-order valence-corrected chi connectivity index (χ2v) is 7.58. The van der Waals surface area contributed by atoms with Crippen molar-refractivity contribution in [2.75, 3.05) is 19.7 Å². The summed E-state index contributed by atoms with van der Waals surface area (Å²) in [6, 6.07) is 9.57. The number of hydrogen-bond acceptors (Lipinski definition) is 5. The van der Waals surface area contributed by atoms with Gasteiger partial charge in [-0.3, -0.25) is 4.55 Å². The van der Waals surface area contributed by atoms with Gasteiger partial charge in [0, 0.05) is 12.5 Å². The van der Waals surface area contributed by atoms with Crippen molar-refractivity contribution in [2.24, 2.45) is 5.92 Å². The summed E-state index contributed by atoms with van der Waals surface area (Å²) in [7, 11) is -4.02. The molecule has 1 aliphatic rings. The average molecular weight is 385 g/mol. The summed E-state index contributed by atoms with van der Waals surface area (Å²) in [5, 5.41) is 3.80. The number of halogens is 1. The first-order chi connectivity index (χ1) is 11.8. The third-order valence-electron chi connectivity index (χ3n) is 3.67. The largest absolute Gasteiger partial charge is 0.492 e.